The number of nitrogens with zero attached hydrogens (tertiary/aromatic N) is 7. The number of nitriles is 1. The fraction of sp³-hybridized carbons (Fsp3) is 0.545. The third-order valence-electron chi connectivity index (χ3n) is 9.93. The van der Waals surface area contributed by atoms with Gasteiger partial charge in [0.2, 0.25) is 16.0 Å². The average molecular weight is 734 g/mol. The molecule has 50 heavy (non-hydrogen) atoms. The molecule has 4 aromatic rings. The lowest BCUT2D eigenvalue weighted by atomic mass is 10.0. The molecule has 5 heterocycles. The number of aryl methyl sites for hydroxylation is 1. The number of hydrogen-bond donors (Lipinski definition) is 3. The number of piperidine rings is 1. The summed E-state index contributed by atoms with van der Waals surface area (Å²) in [6, 6.07) is 10.0. The SMILES string of the molecule is CNc1nc(NC2CCN(Cc3ccc4c(cc(C#N)n4C[C@H](C)N4CCN(S(C)(=O)=O)CC4)c3C)CC2)c2cc([C@H](O)C(F)(F)F)sc2n1. The van der Waals surface area contributed by atoms with Crippen LogP contribution in [-0.2, 0) is 23.1 Å². The fourth-order valence-electron chi connectivity index (χ4n) is 6.97. The lowest BCUT2D eigenvalue weighted by Gasteiger charge is -2.37. The summed E-state index contributed by atoms with van der Waals surface area (Å²) < 4.78 is 67.1. The Labute approximate surface area is 293 Å². The minimum absolute atomic E-state index is 0.0529. The van der Waals surface area contributed by atoms with Crippen molar-refractivity contribution in [2.75, 3.05) is 63.2 Å². The van der Waals surface area contributed by atoms with Gasteiger partial charge in [0.05, 0.1) is 11.6 Å². The molecule has 0 amide bonds. The number of halogens is 3. The molecule has 2 atom stereocenters. The predicted octanol–water partition coefficient (Wildman–Crippen LogP) is 4.51. The molecule has 2 aliphatic rings. The maximum Gasteiger partial charge on any atom is 0.419 e. The van der Waals surface area contributed by atoms with Gasteiger partial charge < -0.3 is 20.3 Å². The lowest BCUT2D eigenvalue weighted by molar-refractivity contribution is -0.205. The molecule has 3 N–H and O–H groups in total. The van der Waals surface area contributed by atoms with Crippen LogP contribution in [0.15, 0.2) is 24.3 Å². The van der Waals surface area contributed by atoms with E-state index in [1.54, 1.807) is 7.05 Å². The van der Waals surface area contributed by atoms with Crippen molar-refractivity contribution in [2.45, 2.75) is 64.1 Å². The Morgan fingerprint density at radius 3 is 2.42 bits per heavy atom. The summed E-state index contributed by atoms with van der Waals surface area (Å²) in [4.78, 5) is 13.6. The Kier molecular flexibility index (Phi) is 10.3. The predicted molar refractivity (Wildman–Crippen MR) is 189 cm³/mol. The first-order chi connectivity index (χ1) is 23.7. The number of hydrogen-bond acceptors (Lipinski definition) is 11. The number of likely N-dealkylation sites (tertiary alicyclic amines) is 1. The van der Waals surface area contributed by atoms with Crippen LogP contribution >= 0.6 is 11.3 Å². The molecule has 0 radical (unpaired) electrons. The van der Waals surface area contributed by atoms with Crippen molar-refractivity contribution in [3.63, 3.8) is 0 Å². The Hall–Kier alpha value is -3.53. The first-order valence-electron chi connectivity index (χ1n) is 16.6. The van der Waals surface area contributed by atoms with Crippen molar-refractivity contribution < 1.29 is 26.7 Å². The van der Waals surface area contributed by atoms with E-state index in [0.717, 1.165) is 60.3 Å². The van der Waals surface area contributed by atoms with Crippen molar-refractivity contribution in [3.05, 3.63) is 46.0 Å². The van der Waals surface area contributed by atoms with Crippen molar-refractivity contribution in [1.82, 2.24) is 28.6 Å². The zero-order chi connectivity index (χ0) is 36.0. The van der Waals surface area contributed by atoms with Gasteiger partial charge in [0.25, 0.3) is 0 Å². The summed E-state index contributed by atoms with van der Waals surface area (Å²) in [5.41, 5.74) is 3.91. The van der Waals surface area contributed by atoms with Gasteiger partial charge in [-0.1, -0.05) is 6.07 Å². The number of benzene rings is 1. The molecule has 0 aliphatic carbocycles. The van der Waals surface area contributed by atoms with Gasteiger partial charge in [-0.2, -0.15) is 27.7 Å². The largest absolute Gasteiger partial charge is 0.419 e. The molecule has 0 bridgehead atoms. The lowest BCUT2D eigenvalue weighted by Crippen LogP contribution is -2.51. The van der Waals surface area contributed by atoms with E-state index in [1.165, 1.54) is 22.2 Å². The number of fused-ring (bicyclic) bond motifs is 2. The molecule has 0 spiro atoms. The summed E-state index contributed by atoms with van der Waals surface area (Å²) in [6.45, 7) is 9.40. The smallest absolute Gasteiger partial charge is 0.379 e. The zero-order valence-electron chi connectivity index (χ0n) is 28.5. The maximum atomic E-state index is 13.2. The molecule has 0 unspecified atom stereocenters. The monoisotopic (exact) mass is 733 g/mol. The summed E-state index contributed by atoms with van der Waals surface area (Å²) >= 11 is 0.805. The van der Waals surface area contributed by atoms with E-state index in [4.69, 9.17) is 0 Å². The fourth-order valence-corrected chi connectivity index (χ4v) is 8.83. The normalized spacial score (nSPS) is 18.8. The van der Waals surface area contributed by atoms with Crippen LogP contribution in [-0.4, -0.2) is 113 Å². The van der Waals surface area contributed by atoms with Crippen LogP contribution in [0, 0.1) is 18.3 Å². The number of aromatic nitrogens is 3. The number of alkyl halides is 3. The van der Waals surface area contributed by atoms with E-state index in [2.05, 4.69) is 67.0 Å². The molecule has 12 nitrogen and oxygen atoms in total. The van der Waals surface area contributed by atoms with E-state index in [9.17, 15) is 32.0 Å². The molecule has 3 aromatic heterocycles. The highest BCUT2D eigenvalue weighted by Crippen LogP contribution is 2.40. The van der Waals surface area contributed by atoms with Gasteiger partial charge in [-0.25, -0.2) is 13.4 Å². The standard InChI is InChI=1S/C33H42F3N9O3S2/c1-20(43-11-13-44(14-12-43)50(4,47)48)18-45-24(17-37)15-25-21(2)22(5-6-27(25)45)19-42-9-7-23(8-10-42)39-30-26-16-28(29(46)33(34,35)36)49-31(26)41-32(38-3)40-30/h5-6,15-16,20,23,29,46H,7-14,18-19H2,1-4H3,(H2,38,39,40,41)/t20-,29-/m0/s1. The third kappa shape index (κ3) is 7.55. The average Bonchev–Trinajstić information content (AvgIpc) is 3.67. The van der Waals surface area contributed by atoms with Gasteiger partial charge in [0.1, 0.15) is 22.4 Å². The molecule has 270 valence electrons. The van der Waals surface area contributed by atoms with Crippen molar-refractivity contribution in [2.24, 2.45) is 0 Å². The van der Waals surface area contributed by atoms with Gasteiger partial charge in [-0.3, -0.25) is 9.80 Å². The summed E-state index contributed by atoms with van der Waals surface area (Å²) in [7, 11) is -1.56. The van der Waals surface area contributed by atoms with Crippen molar-refractivity contribution in [1.29, 1.82) is 5.26 Å². The van der Waals surface area contributed by atoms with Crippen LogP contribution in [0.1, 0.15) is 47.6 Å². The number of anilines is 2. The third-order valence-corrected chi connectivity index (χ3v) is 12.3. The van der Waals surface area contributed by atoms with E-state index in [1.807, 2.05) is 6.07 Å². The second-order valence-electron chi connectivity index (χ2n) is 13.2. The number of aliphatic hydroxyl groups excluding tert-OH is 1. The van der Waals surface area contributed by atoms with E-state index < -0.39 is 22.3 Å². The van der Waals surface area contributed by atoms with Crippen molar-refractivity contribution >= 4 is 54.2 Å². The van der Waals surface area contributed by atoms with Crippen LogP contribution in [0.2, 0.25) is 0 Å². The number of thiophene rings is 1. The number of piperazine rings is 1. The summed E-state index contributed by atoms with van der Waals surface area (Å²) in [5.74, 6) is 0.729. The van der Waals surface area contributed by atoms with Gasteiger partial charge in [-0.15, -0.1) is 11.3 Å². The highest BCUT2D eigenvalue weighted by Gasteiger charge is 2.41. The Morgan fingerprint density at radius 2 is 1.80 bits per heavy atom. The van der Waals surface area contributed by atoms with Crippen LogP contribution in [0.4, 0.5) is 24.9 Å². The minimum atomic E-state index is -4.77. The molecular formula is C33H42F3N9O3S2. The van der Waals surface area contributed by atoms with E-state index >= 15 is 0 Å². The van der Waals surface area contributed by atoms with Gasteiger partial charge in [0.15, 0.2) is 6.10 Å². The summed E-state index contributed by atoms with van der Waals surface area (Å²) in [5, 5.41) is 27.6. The molecule has 1 aromatic carbocycles. The highest BCUT2D eigenvalue weighted by molar-refractivity contribution is 7.88. The molecule has 17 heteroatoms. The first kappa shape index (κ1) is 36.3. The maximum absolute atomic E-state index is 13.2. The zero-order valence-corrected chi connectivity index (χ0v) is 30.1. The van der Waals surface area contributed by atoms with Gasteiger partial charge >= 0.3 is 6.18 Å². The Balaban J connectivity index is 1.11. The van der Waals surface area contributed by atoms with Gasteiger partial charge in [-0.05, 0) is 56.0 Å². The number of nitrogens with one attached hydrogen (secondary N) is 2. The van der Waals surface area contributed by atoms with E-state index in [0.29, 0.717) is 54.5 Å². The van der Waals surface area contributed by atoms with Gasteiger partial charge in [0, 0.05) is 87.3 Å². The molecule has 2 aliphatic heterocycles. The number of sulfonamides is 1. The molecule has 0 saturated carbocycles. The highest BCUT2D eigenvalue weighted by atomic mass is 32.2. The number of rotatable bonds is 10. The van der Waals surface area contributed by atoms with Crippen molar-refractivity contribution in [3.8, 4) is 6.07 Å². The number of aliphatic hydroxyl groups is 1. The Morgan fingerprint density at radius 1 is 1.10 bits per heavy atom. The minimum Gasteiger partial charge on any atom is -0.379 e. The summed E-state index contributed by atoms with van der Waals surface area (Å²) in [6.07, 6.45) is -4.51. The second-order valence-corrected chi connectivity index (χ2v) is 16.3. The molecular weight excluding hydrogens is 692 g/mol. The Bertz CT molecular complexity index is 2010. The topological polar surface area (TPSA) is 143 Å². The molecule has 2 saturated heterocycles. The van der Waals surface area contributed by atoms with Crippen LogP contribution in [0.25, 0.3) is 21.1 Å². The van der Waals surface area contributed by atoms with Crippen LogP contribution in [0.5, 0.6) is 0 Å². The quantitative estimate of drug-likeness (QED) is 0.213. The van der Waals surface area contributed by atoms with Crippen LogP contribution < -0.4 is 10.6 Å². The second kappa shape index (κ2) is 14.2. The first-order valence-corrected chi connectivity index (χ1v) is 19.3. The van der Waals surface area contributed by atoms with Crippen LogP contribution in [0.3, 0.4) is 0 Å². The molecule has 6 rings (SSSR count). The van der Waals surface area contributed by atoms with E-state index in [-0.39, 0.29) is 22.9 Å². The molecule has 2 fully saturated rings.